The first-order chi connectivity index (χ1) is 7.68. The van der Waals surface area contributed by atoms with Crippen molar-refractivity contribution in [2.75, 3.05) is 19.8 Å². The van der Waals surface area contributed by atoms with Crippen molar-refractivity contribution in [2.45, 2.75) is 39.2 Å². The van der Waals surface area contributed by atoms with Gasteiger partial charge in [0.05, 0.1) is 0 Å². The number of carbonyl (C=O) groups excluding carboxylic acids is 1. The third kappa shape index (κ3) is 5.75. The summed E-state index contributed by atoms with van der Waals surface area (Å²) in [6, 6.07) is 0.179. The number of urea groups is 1. The highest BCUT2D eigenvalue weighted by Gasteiger charge is 2.13. The molecular weight excluding hydrogens is 204 g/mol. The number of nitrogens with one attached hydrogen (secondary N) is 2. The van der Waals surface area contributed by atoms with E-state index in [1.54, 1.807) is 0 Å². The third-order valence-electron chi connectivity index (χ3n) is 2.56. The van der Waals surface area contributed by atoms with Gasteiger partial charge in [-0.2, -0.15) is 0 Å². The van der Waals surface area contributed by atoms with Gasteiger partial charge < -0.3 is 15.4 Å². The minimum absolute atomic E-state index is 0.0793. The molecule has 0 bridgehead atoms. The molecule has 0 spiro atoms. The van der Waals surface area contributed by atoms with Gasteiger partial charge in [0.2, 0.25) is 0 Å². The van der Waals surface area contributed by atoms with Gasteiger partial charge in [0, 0.05) is 25.8 Å². The Morgan fingerprint density at radius 1 is 1.38 bits per heavy atom. The smallest absolute Gasteiger partial charge is 0.315 e. The van der Waals surface area contributed by atoms with E-state index < -0.39 is 0 Å². The Labute approximate surface area is 97.4 Å². The second kappa shape index (κ2) is 7.28. The highest BCUT2D eigenvalue weighted by Crippen LogP contribution is 2.07. The molecule has 1 unspecified atom stereocenters. The van der Waals surface area contributed by atoms with E-state index in [0.717, 1.165) is 32.5 Å². The van der Waals surface area contributed by atoms with E-state index in [1.165, 1.54) is 5.57 Å². The fourth-order valence-corrected chi connectivity index (χ4v) is 1.63. The van der Waals surface area contributed by atoms with Crippen molar-refractivity contribution in [1.82, 2.24) is 10.6 Å². The fourth-order valence-electron chi connectivity index (χ4n) is 1.63. The summed E-state index contributed by atoms with van der Waals surface area (Å²) < 4.78 is 5.34. The second-order valence-corrected chi connectivity index (χ2v) is 4.38. The molecule has 0 saturated carbocycles. The fraction of sp³-hybridized carbons (Fsp3) is 0.750. The van der Waals surface area contributed by atoms with Crippen molar-refractivity contribution in [1.29, 1.82) is 0 Å². The van der Waals surface area contributed by atoms with Crippen LogP contribution >= 0.6 is 0 Å². The second-order valence-electron chi connectivity index (χ2n) is 4.38. The van der Waals surface area contributed by atoms with Crippen molar-refractivity contribution in [3.8, 4) is 0 Å². The van der Waals surface area contributed by atoms with Crippen LogP contribution in [0.5, 0.6) is 0 Å². The summed E-state index contributed by atoms with van der Waals surface area (Å²) in [7, 11) is 0. The Kier molecular flexibility index (Phi) is 5.93. The minimum Gasteiger partial charge on any atom is -0.381 e. The number of hydrogen-bond acceptors (Lipinski definition) is 2. The Bertz CT molecular complexity index is 239. The first-order valence-corrected chi connectivity index (χ1v) is 5.94. The van der Waals surface area contributed by atoms with E-state index >= 15 is 0 Å². The Hall–Kier alpha value is -1.03. The molecule has 1 heterocycles. The van der Waals surface area contributed by atoms with Crippen molar-refractivity contribution < 1.29 is 9.53 Å². The van der Waals surface area contributed by atoms with E-state index in [4.69, 9.17) is 4.74 Å². The summed E-state index contributed by atoms with van der Waals surface area (Å²) in [5.74, 6) is 0. The maximum atomic E-state index is 11.5. The van der Waals surface area contributed by atoms with Gasteiger partial charge in [-0.3, -0.25) is 0 Å². The number of allylic oxidation sites excluding steroid dienone is 1. The lowest BCUT2D eigenvalue weighted by Gasteiger charge is -2.15. The summed E-state index contributed by atoms with van der Waals surface area (Å²) >= 11 is 0. The van der Waals surface area contributed by atoms with Crippen LogP contribution in [0.1, 0.15) is 33.1 Å². The lowest BCUT2D eigenvalue weighted by atomic mass is 10.1. The number of carbonyl (C=O) groups is 1. The Morgan fingerprint density at radius 2 is 2.19 bits per heavy atom. The molecule has 1 atom stereocenters. The number of ether oxygens (including phenoxy) is 1. The zero-order valence-corrected chi connectivity index (χ0v) is 10.2. The molecule has 1 rings (SSSR count). The third-order valence-corrected chi connectivity index (χ3v) is 2.56. The van der Waals surface area contributed by atoms with E-state index in [0.29, 0.717) is 6.54 Å². The van der Waals surface area contributed by atoms with Gasteiger partial charge in [0.25, 0.3) is 0 Å². The van der Waals surface area contributed by atoms with Crippen molar-refractivity contribution in [3.63, 3.8) is 0 Å². The summed E-state index contributed by atoms with van der Waals surface area (Å²) in [5, 5.41) is 5.79. The van der Waals surface area contributed by atoms with E-state index in [1.807, 2.05) is 19.9 Å². The van der Waals surface area contributed by atoms with Gasteiger partial charge in [0.15, 0.2) is 0 Å². The Balaban J connectivity index is 2.19. The molecule has 0 aromatic carbocycles. The standard InChI is InChI=1S/C12H22N2O2/c1-10(2)5-7-13-12(15)14-11-4-3-8-16-9-6-11/h5,11H,3-4,6-9H2,1-2H3,(H2,13,14,15). The molecule has 0 aromatic rings. The van der Waals surface area contributed by atoms with Crippen molar-refractivity contribution >= 4 is 6.03 Å². The van der Waals surface area contributed by atoms with Crippen LogP contribution in [0.25, 0.3) is 0 Å². The molecule has 4 heteroatoms. The molecule has 2 N–H and O–H groups in total. The predicted molar refractivity (Wildman–Crippen MR) is 64.4 cm³/mol. The van der Waals surface area contributed by atoms with Crippen LogP contribution in [0.3, 0.4) is 0 Å². The zero-order valence-electron chi connectivity index (χ0n) is 10.2. The minimum atomic E-state index is -0.0793. The van der Waals surface area contributed by atoms with Crippen LogP contribution < -0.4 is 10.6 Å². The predicted octanol–water partition coefficient (Wildman–Crippen LogP) is 1.82. The first kappa shape index (κ1) is 13.0. The normalized spacial score (nSPS) is 20.8. The van der Waals surface area contributed by atoms with Crippen LogP contribution in [-0.4, -0.2) is 31.8 Å². The molecule has 4 nitrogen and oxygen atoms in total. The average molecular weight is 226 g/mol. The molecule has 1 aliphatic rings. The molecule has 0 radical (unpaired) electrons. The Morgan fingerprint density at radius 3 is 2.94 bits per heavy atom. The summed E-state index contributed by atoms with van der Waals surface area (Å²) in [5.41, 5.74) is 1.21. The number of hydrogen-bond donors (Lipinski definition) is 2. The van der Waals surface area contributed by atoms with Gasteiger partial charge in [-0.1, -0.05) is 11.6 Å². The van der Waals surface area contributed by atoms with E-state index in [9.17, 15) is 4.79 Å². The summed E-state index contributed by atoms with van der Waals surface area (Å²) in [4.78, 5) is 11.5. The number of amides is 2. The molecule has 0 aliphatic carbocycles. The van der Waals surface area contributed by atoms with Crippen LogP contribution in [0, 0.1) is 0 Å². The topological polar surface area (TPSA) is 50.4 Å². The SMILES string of the molecule is CC(C)=CCNC(=O)NC1CCCOCC1. The maximum Gasteiger partial charge on any atom is 0.315 e. The quantitative estimate of drug-likeness (QED) is 0.721. The summed E-state index contributed by atoms with van der Waals surface area (Å²) in [6.45, 7) is 6.19. The maximum absolute atomic E-state index is 11.5. The molecule has 2 amide bonds. The van der Waals surface area contributed by atoms with Crippen molar-refractivity contribution in [3.05, 3.63) is 11.6 Å². The molecule has 1 fully saturated rings. The van der Waals surface area contributed by atoms with E-state index in [-0.39, 0.29) is 12.1 Å². The molecule has 0 aromatic heterocycles. The molecule has 16 heavy (non-hydrogen) atoms. The van der Waals surface area contributed by atoms with Crippen LogP contribution in [0.15, 0.2) is 11.6 Å². The van der Waals surface area contributed by atoms with Gasteiger partial charge in [-0.15, -0.1) is 0 Å². The van der Waals surface area contributed by atoms with Gasteiger partial charge in [-0.25, -0.2) is 4.79 Å². The van der Waals surface area contributed by atoms with Gasteiger partial charge >= 0.3 is 6.03 Å². The van der Waals surface area contributed by atoms with Crippen LogP contribution in [-0.2, 0) is 4.74 Å². The van der Waals surface area contributed by atoms with Crippen LogP contribution in [0.4, 0.5) is 4.79 Å². The van der Waals surface area contributed by atoms with Gasteiger partial charge in [0.1, 0.15) is 0 Å². The molecule has 92 valence electrons. The molecule has 1 saturated heterocycles. The lowest BCUT2D eigenvalue weighted by Crippen LogP contribution is -2.42. The average Bonchev–Trinajstić information content (AvgIpc) is 2.45. The largest absolute Gasteiger partial charge is 0.381 e. The lowest BCUT2D eigenvalue weighted by molar-refractivity contribution is 0.143. The van der Waals surface area contributed by atoms with Gasteiger partial charge in [-0.05, 0) is 33.1 Å². The highest BCUT2D eigenvalue weighted by molar-refractivity contribution is 5.74. The monoisotopic (exact) mass is 226 g/mol. The first-order valence-electron chi connectivity index (χ1n) is 5.94. The van der Waals surface area contributed by atoms with Crippen LogP contribution in [0.2, 0.25) is 0 Å². The zero-order chi connectivity index (χ0) is 11.8. The number of rotatable bonds is 3. The molecule has 1 aliphatic heterocycles. The molecular formula is C12H22N2O2. The highest BCUT2D eigenvalue weighted by atomic mass is 16.5. The summed E-state index contributed by atoms with van der Waals surface area (Å²) in [6.07, 6.45) is 4.95. The van der Waals surface area contributed by atoms with Crippen molar-refractivity contribution in [2.24, 2.45) is 0 Å². The van der Waals surface area contributed by atoms with E-state index in [2.05, 4.69) is 10.6 Å².